The summed E-state index contributed by atoms with van der Waals surface area (Å²) in [5.41, 5.74) is 0. The fourth-order valence-electron chi connectivity index (χ4n) is 0.697. The smallest absolute Gasteiger partial charge is 0.320 e. The molecule has 0 aliphatic carbocycles. The molecule has 0 aromatic carbocycles. The van der Waals surface area contributed by atoms with Gasteiger partial charge in [0.25, 0.3) is 10.0 Å². The molecule has 0 fully saturated rings. The van der Waals surface area contributed by atoms with E-state index in [1.807, 2.05) is 4.72 Å². The molecule has 14 heavy (non-hydrogen) atoms. The van der Waals surface area contributed by atoms with Gasteiger partial charge in [0.1, 0.15) is 6.54 Å². The standard InChI is InChI=1S/C6H9N3O4S/c1-13-6(10)4-8-14(11,12)5-2-3-7-9-5/h2-3,8H,4H2,1H3,(H,7,9). The fourth-order valence-corrected chi connectivity index (χ4v) is 1.57. The molecule has 0 amide bonds. The van der Waals surface area contributed by atoms with Crippen LogP contribution in [0.3, 0.4) is 0 Å². The van der Waals surface area contributed by atoms with Gasteiger partial charge in [-0.05, 0) is 6.07 Å². The second-order valence-electron chi connectivity index (χ2n) is 2.32. The highest BCUT2D eigenvalue weighted by molar-refractivity contribution is 7.89. The largest absolute Gasteiger partial charge is 0.468 e. The molecule has 7 nitrogen and oxygen atoms in total. The van der Waals surface area contributed by atoms with E-state index in [0.717, 1.165) is 0 Å². The van der Waals surface area contributed by atoms with E-state index in [0.29, 0.717) is 0 Å². The number of H-pyrrole nitrogens is 1. The summed E-state index contributed by atoms with van der Waals surface area (Å²) in [6, 6.07) is 1.28. The molecule has 0 saturated carbocycles. The van der Waals surface area contributed by atoms with Crippen molar-refractivity contribution in [3.05, 3.63) is 12.3 Å². The number of aromatic nitrogens is 2. The van der Waals surface area contributed by atoms with Gasteiger partial charge in [0.15, 0.2) is 5.03 Å². The highest BCUT2D eigenvalue weighted by Gasteiger charge is 2.16. The topological polar surface area (TPSA) is 101 Å². The van der Waals surface area contributed by atoms with E-state index in [1.165, 1.54) is 19.4 Å². The third kappa shape index (κ3) is 2.54. The molecule has 0 radical (unpaired) electrons. The minimum atomic E-state index is -3.69. The van der Waals surface area contributed by atoms with Crippen molar-refractivity contribution in [3.8, 4) is 0 Å². The van der Waals surface area contributed by atoms with Crippen LogP contribution >= 0.6 is 0 Å². The quantitative estimate of drug-likeness (QED) is 0.623. The van der Waals surface area contributed by atoms with E-state index in [1.54, 1.807) is 0 Å². The van der Waals surface area contributed by atoms with Gasteiger partial charge in [-0.15, -0.1) is 0 Å². The summed E-state index contributed by atoms with van der Waals surface area (Å²) in [5, 5.41) is 5.65. The molecular formula is C6H9N3O4S. The predicted octanol–water partition coefficient (Wildman–Crippen LogP) is -1.14. The summed E-state index contributed by atoms with van der Waals surface area (Å²) in [7, 11) is -2.52. The van der Waals surface area contributed by atoms with Gasteiger partial charge in [0.05, 0.1) is 13.3 Å². The van der Waals surface area contributed by atoms with E-state index >= 15 is 0 Å². The van der Waals surface area contributed by atoms with Crippen LogP contribution in [-0.4, -0.2) is 38.2 Å². The van der Waals surface area contributed by atoms with Crippen LogP contribution in [0.15, 0.2) is 17.3 Å². The first-order valence-corrected chi connectivity index (χ1v) is 5.10. The average Bonchev–Trinajstić information content (AvgIpc) is 2.67. The summed E-state index contributed by atoms with van der Waals surface area (Å²) in [4.78, 5) is 10.7. The Kier molecular flexibility index (Phi) is 3.20. The average molecular weight is 219 g/mol. The molecule has 0 atom stereocenters. The number of hydrogen-bond donors (Lipinski definition) is 2. The monoisotopic (exact) mass is 219 g/mol. The molecule has 8 heteroatoms. The highest BCUT2D eigenvalue weighted by Crippen LogP contribution is 2.01. The maximum absolute atomic E-state index is 11.3. The van der Waals surface area contributed by atoms with Gasteiger partial charge in [-0.3, -0.25) is 9.89 Å². The van der Waals surface area contributed by atoms with Crippen molar-refractivity contribution in [2.24, 2.45) is 0 Å². The number of carbonyl (C=O) groups is 1. The van der Waals surface area contributed by atoms with Crippen LogP contribution in [0.4, 0.5) is 0 Å². The predicted molar refractivity (Wildman–Crippen MR) is 45.8 cm³/mol. The summed E-state index contributed by atoms with van der Waals surface area (Å²) >= 11 is 0. The zero-order valence-electron chi connectivity index (χ0n) is 7.35. The number of ether oxygens (including phenoxy) is 1. The van der Waals surface area contributed by atoms with Crippen molar-refractivity contribution >= 4 is 16.0 Å². The van der Waals surface area contributed by atoms with E-state index in [2.05, 4.69) is 14.9 Å². The summed E-state index contributed by atoms with van der Waals surface area (Å²) < 4.78 is 29.0. The van der Waals surface area contributed by atoms with Crippen molar-refractivity contribution in [1.29, 1.82) is 0 Å². The van der Waals surface area contributed by atoms with Gasteiger partial charge >= 0.3 is 5.97 Å². The van der Waals surface area contributed by atoms with Crippen molar-refractivity contribution in [2.45, 2.75) is 5.03 Å². The van der Waals surface area contributed by atoms with Gasteiger partial charge in [-0.2, -0.15) is 9.82 Å². The molecule has 0 unspecified atom stereocenters. The Morgan fingerprint density at radius 3 is 2.93 bits per heavy atom. The first-order valence-electron chi connectivity index (χ1n) is 3.62. The van der Waals surface area contributed by atoms with Crippen LogP contribution in [0, 0.1) is 0 Å². The Labute approximate surface area is 80.5 Å². The zero-order valence-corrected chi connectivity index (χ0v) is 8.17. The van der Waals surface area contributed by atoms with E-state index in [-0.39, 0.29) is 5.03 Å². The lowest BCUT2D eigenvalue weighted by Crippen LogP contribution is -2.30. The van der Waals surface area contributed by atoms with Crippen molar-refractivity contribution in [3.63, 3.8) is 0 Å². The number of carbonyl (C=O) groups excluding carboxylic acids is 1. The van der Waals surface area contributed by atoms with Crippen LogP contribution in [-0.2, 0) is 19.6 Å². The van der Waals surface area contributed by atoms with Crippen LogP contribution in [0.25, 0.3) is 0 Å². The molecule has 1 rings (SSSR count). The van der Waals surface area contributed by atoms with Gasteiger partial charge < -0.3 is 4.74 Å². The summed E-state index contributed by atoms with van der Waals surface area (Å²) in [6.45, 7) is -0.405. The normalized spacial score (nSPS) is 11.2. The lowest BCUT2D eigenvalue weighted by atomic mass is 10.7. The number of esters is 1. The van der Waals surface area contributed by atoms with Crippen LogP contribution in [0.2, 0.25) is 0 Å². The number of hydrogen-bond acceptors (Lipinski definition) is 5. The number of aromatic amines is 1. The molecule has 1 aromatic heterocycles. The lowest BCUT2D eigenvalue weighted by Gasteiger charge is -2.02. The first kappa shape index (κ1) is 10.7. The number of sulfonamides is 1. The Morgan fingerprint density at radius 1 is 1.71 bits per heavy atom. The van der Waals surface area contributed by atoms with E-state index in [4.69, 9.17) is 0 Å². The summed E-state index contributed by atoms with van der Waals surface area (Å²) in [5.74, 6) is -0.659. The maximum Gasteiger partial charge on any atom is 0.320 e. The molecular weight excluding hydrogens is 210 g/mol. The van der Waals surface area contributed by atoms with Crippen molar-refractivity contribution in [2.75, 3.05) is 13.7 Å². The molecule has 0 aliphatic rings. The number of methoxy groups -OCH3 is 1. The van der Waals surface area contributed by atoms with Gasteiger partial charge in [0, 0.05) is 0 Å². The van der Waals surface area contributed by atoms with Crippen molar-refractivity contribution < 1.29 is 17.9 Å². The molecule has 0 spiro atoms. The van der Waals surface area contributed by atoms with Gasteiger partial charge in [-0.1, -0.05) is 0 Å². The first-order chi connectivity index (χ1) is 6.56. The molecule has 1 heterocycles. The van der Waals surface area contributed by atoms with E-state index in [9.17, 15) is 13.2 Å². The Morgan fingerprint density at radius 2 is 2.43 bits per heavy atom. The van der Waals surface area contributed by atoms with Crippen LogP contribution in [0.1, 0.15) is 0 Å². The number of nitrogens with zero attached hydrogens (tertiary/aromatic N) is 1. The molecule has 0 saturated heterocycles. The van der Waals surface area contributed by atoms with E-state index < -0.39 is 22.5 Å². The third-order valence-electron chi connectivity index (χ3n) is 1.40. The van der Waals surface area contributed by atoms with Crippen LogP contribution in [0.5, 0.6) is 0 Å². The van der Waals surface area contributed by atoms with Crippen molar-refractivity contribution in [1.82, 2.24) is 14.9 Å². The van der Waals surface area contributed by atoms with Gasteiger partial charge in [-0.25, -0.2) is 8.42 Å². The lowest BCUT2D eigenvalue weighted by molar-refractivity contribution is -0.139. The maximum atomic E-state index is 11.3. The number of rotatable bonds is 4. The second-order valence-corrected chi connectivity index (χ2v) is 4.06. The molecule has 78 valence electrons. The van der Waals surface area contributed by atoms with Gasteiger partial charge in [0.2, 0.25) is 0 Å². The molecule has 0 bridgehead atoms. The highest BCUT2D eigenvalue weighted by atomic mass is 32.2. The molecule has 0 aliphatic heterocycles. The van der Waals surface area contributed by atoms with Crippen LogP contribution < -0.4 is 4.72 Å². The zero-order chi connectivity index (χ0) is 10.6. The molecule has 1 aromatic rings. The summed E-state index contributed by atoms with van der Waals surface area (Å²) in [6.07, 6.45) is 1.30. The fraction of sp³-hybridized carbons (Fsp3) is 0.333. The minimum absolute atomic E-state index is 0.0959. The Balaban J connectivity index is 2.65. The minimum Gasteiger partial charge on any atom is -0.468 e. The molecule has 2 N–H and O–H groups in total. The number of nitrogens with one attached hydrogen (secondary N) is 2. The Hall–Kier alpha value is -1.41. The second kappa shape index (κ2) is 4.20. The Bertz CT molecular complexity index is 397. The third-order valence-corrected chi connectivity index (χ3v) is 2.73. The SMILES string of the molecule is COC(=O)CNS(=O)(=O)c1ccn[nH]1.